The largest absolute Gasteiger partial charge is 0.314 e. The molecule has 2 rings (SSSR count). The van der Waals surface area contributed by atoms with Crippen molar-refractivity contribution in [2.45, 2.75) is 45.6 Å². The fraction of sp³-hybridized carbons (Fsp3) is 0.615. The van der Waals surface area contributed by atoms with Crippen LogP contribution in [0.15, 0.2) is 0 Å². The van der Waals surface area contributed by atoms with Gasteiger partial charge in [-0.15, -0.1) is 5.10 Å². The van der Waals surface area contributed by atoms with E-state index in [1.165, 1.54) is 4.90 Å². The monoisotopic (exact) mass is 310 g/mol. The van der Waals surface area contributed by atoms with Crippen molar-refractivity contribution in [2.75, 3.05) is 6.54 Å². The molecule has 21 heavy (non-hydrogen) atoms. The summed E-state index contributed by atoms with van der Waals surface area (Å²) in [5.74, 6) is -1.35. The van der Waals surface area contributed by atoms with Gasteiger partial charge in [0.15, 0.2) is 0 Å². The first-order valence-corrected chi connectivity index (χ1v) is 7.31. The van der Waals surface area contributed by atoms with E-state index in [-0.39, 0.29) is 17.9 Å². The summed E-state index contributed by atoms with van der Waals surface area (Å²) in [6.07, 6.45) is 0. The zero-order valence-electron chi connectivity index (χ0n) is 12.7. The van der Waals surface area contributed by atoms with Crippen molar-refractivity contribution < 1.29 is 14.4 Å². The van der Waals surface area contributed by atoms with Crippen LogP contribution in [0.1, 0.15) is 50.0 Å². The van der Waals surface area contributed by atoms with Crippen molar-refractivity contribution in [3.05, 3.63) is 10.6 Å². The third-order valence-corrected chi connectivity index (χ3v) is 4.14. The third-order valence-electron chi connectivity index (χ3n) is 3.42. The van der Waals surface area contributed by atoms with E-state index in [0.29, 0.717) is 10.6 Å². The van der Waals surface area contributed by atoms with Crippen LogP contribution < -0.4 is 5.32 Å². The topological polar surface area (TPSA) is 92.3 Å². The first kappa shape index (κ1) is 15.6. The molecule has 7 nitrogen and oxygen atoms in total. The van der Waals surface area contributed by atoms with E-state index in [1.807, 2.05) is 20.8 Å². The summed E-state index contributed by atoms with van der Waals surface area (Å²) in [6.45, 7) is 8.86. The van der Waals surface area contributed by atoms with Gasteiger partial charge in [-0.2, -0.15) is 0 Å². The molecule has 1 aliphatic heterocycles. The molecule has 0 unspecified atom stereocenters. The van der Waals surface area contributed by atoms with E-state index in [1.54, 1.807) is 13.8 Å². The second-order valence-corrected chi connectivity index (χ2v) is 7.28. The van der Waals surface area contributed by atoms with Gasteiger partial charge in [0, 0.05) is 5.41 Å². The van der Waals surface area contributed by atoms with Crippen LogP contribution in [0.3, 0.4) is 0 Å². The smallest absolute Gasteiger partial charge is 0.268 e. The number of carbonyl (C=O) groups excluding carboxylic acids is 3. The molecule has 3 amide bonds. The molecular weight excluding hydrogens is 292 g/mol. The van der Waals surface area contributed by atoms with Crippen LogP contribution in [0.5, 0.6) is 0 Å². The molecule has 0 spiro atoms. The Morgan fingerprint density at radius 2 is 1.95 bits per heavy atom. The van der Waals surface area contributed by atoms with Crippen molar-refractivity contribution in [1.29, 1.82) is 0 Å². The fourth-order valence-electron chi connectivity index (χ4n) is 2.05. The lowest BCUT2D eigenvalue weighted by molar-refractivity contribution is -0.143. The van der Waals surface area contributed by atoms with Crippen LogP contribution in [-0.4, -0.2) is 44.3 Å². The van der Waals surface area contributed by atoms with Crippen molar-refractivity contribution in [1.82, 2.24) is 19.8 Å². The van der Waals surface area contributed by atoms with E-state index in [2.05, 4.69) is 14.9 Å². The highest BCUT2D eigenvalue weighted by Crippen LogP contribution is 2.29. The third kappa shape index (κ3) is 2.67. The molecule has 1 aromatic rings. The molecule has 0 bridgehead atoms. The van der Waals surface area contributed by atoms with Crippen LogP contribution in [-0.2, 0) is 15.0 Å². The summed E-state index contributed by atoms with van der Waals surface area (Å²) < 4.78 is 3.85. The molecule has 2 heterocycles. The van der Waals surface area contributed by atoms with Crippen molar-refractivity contribution in [3.8, 4) is 0 Å². The van der Waals surface area contributed by atoms with Gasteiger partial charge in [-0.25, -0.2) is 0 Å². The van der Waals surface area contributed by atoms with Crippen LogP contribution in [0.2, 0.25) is 0 Å². The predicted octanol–water partition coefficient (Wildman–Crippen LogP) is 0.713. The highest BCUT2D eigenvalue weighted by Gasteiger charge is 2.45. The number of aromatic nitrogens is 2. The lowest BCUT2D eigenvalue weighted by atomic mass is 9.90. The van der Waals surface area contributed by atoms with Crippen LogP contribution >= 0.6 is 11.5 Å². The number of imide groups is 1. The summed E-state index contributed by atoms with van der Waals surface area (Å²) in [6, 6.07) is 0. The highest BCUT2D eigenvalue weighted by molar-refractivity contribution is 7.08. The molecule has 114 valence electrons. The number of hydrogen-bond donors (Lipinski definition) is 1. The molecule has 8 heteroatoms. The van der Waals surface area contributed by atoms with E-state index < -0.39 is 17.4 Å². The van der Waals surface area contributed by atoms with Crippen molar-refractivity contribution in [3.63, 3.8) is 0 Å². The Kier molecular flexibility index (Phi) is 3.61. The quantitative estimate of drug-likeness (QED) is 0.771. The summed E-state index contributed by atoms with van der Waals surface area (Å²) in [7, 11) is 0. The van der Waals surface area contributed by atoms with Gasteiger partial charge in [0.25, 0.3) is 11.8 Å². The van der Waals surface area contributed by atoms with Gasteiger partial charge in [0.1, 0.15) is 17.0 Å². The lowest BCUT2D eigenvalue weighted by Crippen LogP contribution is -2.65. The van der Waals surface area contributed by atoms with E-state index >= 15 is 0 Å². The maximum absolute atomic E-state index is 12.8. The van der Waals surface area contributed by atoms with Gasteiger partial charge in [0.2, 0.25) is 5.91 Å². The van der Waals surface area contributed by atoms with Gasteiger partial charge < -0.3 is 4.90 Å². The van der Waals surface area contributed by atoms with Gasteiger partial charge >= 0.3 is 0 Å². The maximum atomic E-state index is 12.8. The number of piperazine rings is 1. The maximum Gasteiger partial charge on any atom is 0.268 e. The number of amides is 3. The molecule has 1 aliphatic rings. The molecule has 1 saturated heterocycles. The average molecular weight is 310 g/mol. The minimum absolute atomic E-state index is 0.154. The van der Waals surface area contributed by atoms with Crippen LogP contribution in [0, 0.1) is 0 Å². The van der Waals surface area contributed by atoms with Gasteiger partial charge in [-0.1, -0.05) is 25.3 Å². The second-order valence-electron chi connectivity index (χ2n) is 6.53. The predicted molar refractivity (Wildman–Crippen MR) is 76.9 cm³/mol. The van der Waals surface area contributed by atoms with E-state index in [4.69, 9.17) is 0 Å². The molecule has 0 aromatic carbocycles. The summed E-state index contributed by atoms with van der Waals surface area (Å²) in [5, 5.41) is 6.27. The number of nitrogens with zero attached hydrogens (tertiary/aromatic N) is 3. The summed E-state index contributed by atoms with van der Waals surface area (Å²) in [4.78, 5) is 37.9. The molecule has 1 aromatic heterocycles. The fourth-order valence-corrected chi connectivity index (χ4v) is 2.88. The molecular formula is C13H18N4O3S. The Bertz CT molecular complexity index is 615. The lowest BCUT2D eigenvalue weighted by Gasteiger charge is -2.40. The standard InChI is InChI=1S/C13H18N4O3S/c1-12(2,3)9-8(21-16-15-9)10(19)17-6-7(18)14-11(20)13(17,4)5/h6H2,1-5H3,(H,14,18,20). The van der Waals surface area contributed by atoms with E-state index in [0.717, 1.165) is 11.5 Å². The Balaban J connectivity index is 2.42. The molecule has 1 fully saturated rings. The molecule has 0 aliphatic carbocycles. The minimum Gasteiger partial charge on any atom is -0.314 e. The SMILES string of the molecule is CC(C)(C)c1nnsc1C(=O)N1CC(=O)NC(=O)C1(C)C. The van der Waals surface area contributed by atoms with Crippen molar-refractivity contribution >= 4 is 29.3 Å². The Hall–Kier alpha value is -1.83. The number of nitrogens with one attached hydrogen (secondary N) is 1. The van der Waals surface area contributed by atoms with Crippen molar-refractivity contribution in [2.24, 2.45) is 0 Å². The van der Waals surface area contributed by atoms with Crippen LogP contribution in [0.25, 0.3) is 0 Å². The Morgan fingerprint density at radius 3 is 2.52 bits per heavy atom. The normalized spacial score (nSPS) is 18.6. The highest BCUT2D eigenvalue weighted by atomic mass is 32.1. The zero-order chi connectivity index (χ0) is 16.0. The first-order valence-electron chi connectivity index (χ1n) is 6.54. The zero-order valence-corrected chi connectivity index (χ0v) is 13.5. The summed E-state index contributed by atoms with van der Waals surface area (Å²) >= 11 is 0.986. The van der Waals surface area contributed by atoms with Gasteiger partial charge in [0.05, 0.1) is 5.69 Å². The van der Waals surface area contributed by atoms with E-state index in [9.17, 15) is 14.4 Å². The number of rotatable bonds is 1. The molecule has 0 atom stereocenters. The molecule has 1 N–H and O–H groups in total. The Morgan fingerprint density at radius 1 is 1.33 bits per heavy atom. The Labute approximate surface area is 126 Å². The molecule has 0 saturated carbocycles. The van der Waals surface area contributed by atoms with Gasteiger partial charge in [-0.3, -0.25) is 19.7 Å². The minimum atomic E-state index is -1.09. The molecule has 0 radical (unpaired) electrons. The van der Waals surface area contributed by atoms with Gasteiger partial charge in [-0.05, 0) is 25.4 Å². The summed E-state index contributed by atoms with van der Waals surface area (Å²) in [5.41, 5.74) is -0.861. The second kappa shape index (κ2) is 4.87. The van der Waals surface area contributed by atoms with Crippen LogP contribution in [0.4, 0.5) is 0 Å². The number of hydrogen-bond acceptors (Lipinski definition) is 6. The first-order chi connectivity index (χ1) is 9.55. The average Bonchev–Trinajstić information content (AvgIpc) is 2.82. The number of carbonyl (C=O) groups is 3.